The molecule has 4 heteroatoms. The van der Waals surface area contributed by atoms with Gasteiger partial charge in [0.15, 0.2) is 5.76 Å². The summed E-state index contributed by atoms with van der Waals surface area (Å²) >= 11 is 0. The number of hydrogen-bond acceptors (Lipinski definition) is 3. The molecule has 21 heavy (non-hydrogen) atoms. The van der Waals surface area contributed by atoms with Crippen molar-refractivity contribution in [3.8, 4) is 5.75 Å². The van der Waals surface area contributed by atoms with Crippen LogP contribution in [0.3, 0.4) is 0 Å². The van der Waals surface area contributed by atoms with Crippen LogP contribution in [0.5, 0.6) is 5.75 Å². The predicted molar refractivity (Wildman–Crippen MR) is 80.9 cm³/mol. The number of aryl methyl sites for hydroxylation is 1. The minimum atomic E-state index is -0.144. The molecule has 3 rings (SSSR count). The van der Waals surface area contributed by atoms with Gasteiger partial charge in [-0.15, -0.1) is 0 Å². The van der Waals surface area contributed by atoms with Crippen LogP contribution in [0.2, 0.25) is 0 Å². The second kappa shape index (κ2) is 5.13. The molecule has 0 aliphatic rings. The topological polar surface area (TPSA) is 55.2 Å². The fraction of sp³-hybridized carbons (Fsp3) is 0.235. The number of aromatic nitrogens is 1. The number of H-pyrrole nitrogens is 1. The Morgan fingerprint density at radius 2 is 2.05 bits per heavy atom. The highest BCUT2D eigenvalue weighted by Gasteiger charge is 2.20. The molecule has 1 aromatic carbocycles. The van der Waals surface area contributed by atoms with Crippen LogP contribution < -0.4 is 4.74 Å². The first-order valence-electron chi connectivity index (χ1n) is 6.94. The maximum Gasteiger partial charge on any atom is 0.230 e. The van der Waals surface area contributed by atoms with Crippen LogP contribution in [0.15, 0.2) is 40.9 Å². The van der Waals surface area contributed by atoms with Crippen LogP contribution in [0.1, 0.15) is 35.7 Å². The van der Waals surface area contributed by atoms with Crippen LogP contribution in [0.25, 0.3) is 10.9 Å². The fourth-order valence-corrected chi connectivity index (χ4v) is 2.37. The molecule has 0 unspecified atom stereocenters. The highest BCUT2D eigenvalue weighted by Crippen LogP contribution is 2.31. The molecule has 0 fully saturated rings. The maximum absolute atomic E-state index is 12.6. The van der Waals surface area contributed by atoms with Gasteiger partial charge in [0.2, 0.25) is 5.78 Å². The van der Waals surface area contributed by atoms with E-state index in [1.165, 1.54) is 0 Å². The Kier molecular flexibility index (Phi) is 3.29. The number of carbonyl (C=O) groups excluding carboxylic acids is 1. The molecule has 3 aromatic rings. The van der Waals surface area contributed by atoms with Crippen molar-refractivity contribution in [1.82, 2.24) is 4.98 Å². The predicted octanol–water partition coefficient (Wildman–Crippen LogP) is 4.09. The number of rotatable bonds is 4. The number of furan rings is 1. The minimum Gasteiger partial charge on any atom is -0.490 e. The standard InChI is InChI=1S/C17H17NO3/c1-10(2)20-14-6-4-5-13-16(14)12(9-18-13)17(19)15-8-7-11(3)21-15/h4-10,18H,1-3H3. The van der Waals surface area contributed by atoms with E-state index in [4.69, 9.17) is 9.15 Å². The summed E-state index contributed by atoms with van der Waals surface area (Å²) in [7, 11) is 0. The van der Waals surface area contributed by atoms with Gasteiger partial charge >= 0.3 is 0 Å². The lowest BCUT2D eigenvalue weighted by molar-refractivity contribution is 0.101. The van der Waals surface area contributed by atoms with Crippen LogP contribution in [-0.4, -0.2) is 16.9 Å². The van der Waals surface area contributed by atoms with Gasteiger partial charge in [0.1, 0.15) is 11.5 Å². The molecule has 0 radical (unpaired) electrons. The Balaban J connectivity index is 2.12. The Morgan fingerprint density at radius 3 is 2.71 bits per heavy atom. The first-order chi connectivity index (χ1) is 10.1. The van der Waals surface area contributed by atoms with Crippen LogP contribution in [0, 0.1) is 6.92 Å². The third-order valence-corrected chi connectivity index (χ3v) is 3.24. The lowest BCUT2D eigenvalue weighted by Crippen LogP contribution is -2.07. The van der Waals surface area contributed by atoms with Gasteiger partial charge in [0.25, 0.3) is 0 Å². The summed E-state index contributed by atoms with van der Waals surface area (Å²) in [4.78, 5) is 15.7. The molecule has 108 valence electrons. The van der Waals surface area contributed by atoms with Crippen LogP contribution in [-0.2, 0) is 0 Å². The molecule has 0 amide bonds. The van der Waals surface area contributed by atoms with Gasteiger partial charge in [-0.3, -0.25) is 4.79 Å². The molecule has 4 nitrogen and oxygen atoms in total. The Bertz CT molecular complexity index is 795. The molecule has 2 heterocycles. The highest BCUT2D eigenvalue weighted by molar-refractivity contribution is 6.16. The van der Waals surface area contributed by atoms with Gasteiger partial charge in [-0.25, -0.2) is 0 Å². The molecular weight excluding hydrogens is 266 g/mol. The van der Waals surface area contributed by atoms with Gasteiger partial charge in [-0.1, -0.05) is 6.07 Å². The summed E-state index contributed by atoms with van der Waals surface area (Å²) < 4.78 is 11.2. The van der Waals surface area contributed by atoms with Gasteiger partial charge < -0.3 is 14.1 Å². The largest absolute Gasteiger partial charge is 0.490 e. The van der Waals surface area contributed by atoms with E-state index in [9.17, 15) is 4.79 Å². The molecule has 2 aromatic heterocycles. The van der Waals surface area contributed by atoms with Crippen LogP contribution in [0.4, 0.5) is 0 Å². The van der Waals surface area contributed by atoms with E-state index in [1.807, 2.05) is 39.0 Å². The zero-order chi connectivity index (χ0) is 15.0. The monoisotopic (exact) mass is 283 g/mol. The van der Waals surface area contributed by atoms with Crippen molar-refractivity contribution in [2.75, 3.05) is 0 Å². The van der Waals surface area contributed by atoms with Gasteiger partial charge in [0.05, 0.1) is 17.1 Å². The van der Waals surface area contributed by atoms with Crippen molar-refractivity contribution in [3.05, 3.63) is 53.6 Å². The fourth-order valence-electron chi connectivity index (χ4n) is 2.37. The molecule has 1 N–H and O–H groups in total. The number of hydrogen-bond donors (Lipinski definition) is 1. The van der Waals surface area contributed by atoms with Crippen molar-refractivity contribution in [3.63, 3.8) is 0 Å². The van der Waals surface area contributed by atoms with E-state index in [0.29, 0.717) is 17.1 Å². The van der Waals surface area contributed by atoms with E-state index in [1.54, 1.807) is 18.3 Å². The molecule has 0 saturated heterocycles. The average Bonchev–Trinajstić information content (AvgIpc) is 3.04. The van der Waals surface area contributed by atoms with E-state index in [-0.39, 0.29) is 11.9 Å². The SMILES string of the molecule is Cc1ccc(C(=O)c2c[nH]c3cccc(OC(C)C)c23)o1. The second-order valence-corrected chi connectivity index (χ2v) is 5.29. The van der Waals surface area contributed by atoms with E-state index in [2.05, 4.69) is 4.98 Å². The number of carbonyl (C=O) groups is 1. The Labute approximate surface area is 122 Å². The number of fused-ring (bicyclic) bond motifs is 1. The van der Waals surface area contributed by atoms with Gasteiger partial charge in [-0.2, -0.15) is 0 Å². The summed E-state index contributed by atoms with van der Waals surface area (Å²) in [6.45, 7) is 5.74. The summed E-state index contributed by atoms with van der Waals surface area (Å²) in [6.07, 6.45) is 1.75. The quantitative estimate of drug-likeness (QED) is 0.734. The van der Waals surface area contributed by atoms with Gasteiger partial charge in [-0.05, 0) is 45.0 Å². The molecule has 0 aliphatic heterocycles. The lowest BCUT2D eigenvalue weighted by atomic mass is 10.1. The minimum absolute atomic E-state index is 0.0410. The average molecular weight is 283 g/mol. The van der Waals surface area contributed by atoms with E-state index >= 15 is 0 Å². The summed E-state index contributed by atoms with van der Waals surface area (Å²) in [5.41, 5.74) is 1.44. The molecule has 0 spiro atoms. The van der Waals surface area contributed by atoms with Crippen molar-refractivity contribution >= 4 is 16.7 Å². The zero-order valence-corrected chi connectivity index (χ0v) is 12.3. The lowest BCUT2D eigenvalue weighted by Gasteiger charge is -2.11. The third kappa shape index (κ3) is 2.44. The summed E-state index contributed by atoms with van der Waals surface area (Å²) in [5, 5.41) is 0.797. The Morgan fingerprint density at radius 1 is 1.24 bits per heavy atom. The molecule has 0 bridgehead atoms. The third-order valence-electron chi connectivity index (χ3n) is 3.24. The van der Waals surface area contributed by atoms with E-state index in [0.717, 1.165) is 16.7 Å². The number of ether oxygens (including phenoxy) is 1. The second-order valence-electron chi connectivity index (χ2n) is 5.29. The Hall–Kier alpha value is -2.49. The van der Waals surface area contributed by atoms with Gasteiger partial charge in [0, 0.05) is 11.7 Å². The van der Waals surface area contributed by atoms with Crippen molar-refractivity contribution in [1.29, 1.82) is 0 Å². The first kappa shape index (κ1) is 13.5. The van der Waals surface area contributed by atoms with Crippen molar-refractivity contribution < 1.29 is 13.9 Å². The first-order valence-corrected chi connectivity index (χ1v) is 6.94. The molecule has 0 atom stereocenters. The number of benzene rings is 1. The zero-order valence-electron chi connectivity index (χ0n) is 12.3. The van der Waals surface area contributed by atoms with Crippen molar-refractivity contribution in [2.45, 2.75) is 26.9 Å². The highest BCUT2D eigenvalue weighted by atomic mass is 16.5. The number of nitrogens with one attached hydrogen (secondary N) is 1. The van der Waals surface area contributed by atoms with E-state index < -0.39 is 0 Å². The molecular formula is C17H17NO3. The van der Waals surface area contributed by atoms with Crippen LogP contribution >= 0.6 is 0 Å². The molecule has 0 aliphatic carbocycles. The smallest absolute Gasteiger partial charge is 0.230 e. The molecule has 0 saturated carbocycles. The normalized spacial score (nSPS) is 11.2. The number of ketones is 1. The van der Waals surface area contributed by atoms with Crippen molar-refractivity contribution in [2.24, 2.45) is 0 Å². The maximum atomic E-state index is 12.6. The summed E-state index contributed by atoms with van der Waals surface area (Å²) in [5.74, 6) is 1.62. The summed E-state index contributed by atoms with van der Waals surface area (Å²) in [6, 6.07) is 9.19. The number of aromatic amines is 1.